The Hall–Kier alpha value is -2.39. The van der Waals surface area contributed by atoms with Gasteiger partial charge in [-0.2, -0.15) is 4.57 Å². The molecule has 0 spiro atoms. The van der Waals surface area contributed by atoms with E-state index >= 15 is 0 Å². The van der Waals surface area contributed by atoms with Gasteiger partial charge in [0.15, 0.2) is 5.69 Å². The predicted molar refractivity (Wildman–Crippen MR) is 92.1 cm³/mol. The summed E-state index contributed by atoms with van der Waals surface area (Å²) in [5, 5.41) is 0. The molecule has 4 aromatic rings. The van der Waals surface area contributed by atoms with Crippen molar-refractivity contribution >= 4 is 21.6 Å². The second-order valence-electron chi connectivity index (χ2n) is 5.16. The highest BCUT2D eigenvalue weighted by atomic mass is 79.9. The molecule has 0 atom stereocenters. The fourth-order valence-electron chi connectivity index (χ4n) is 2.73. The number of nitrogens with zero attached hydrogens (tertiary/aromatic N) is 2. The van der Waals surface area contributed by atoms with E-state index in [2.05, 4.69) is 98.0 Å². The summed E-state index contributed by atoms with van der Waals surface area (Å²) in [4.78, 5) is 0. The number of para-hydroxylation sites is 1. The van der Waals surface area contributed by atoms with Gasteiger partial charge < -0.3 is 0 Å². The van der Waals surface area contributed by atoms with Gasteiger partial charge >= 0.3 is 0 Å². The molecule has 0 aliphatic rings. The Kier molecular flexibility index (Phi) is 3.28. The maximum atomic E-state index is 3.50. The molecule has 0 saturated carbocycles. The molecule has 0 saturated heterocycles. The fraction of sp³-hybridized carbons (Fsp3) is 0. The molecule has 0 aliphatic carbocycles. The summed E-state index contributed by atoms with van der Waals surface area (Å²) in [6.45, 7) is 0. The number of rotatable bonds is 2. The van der Waals surface area contributed by atoms with Crippen molar-refractivity contribution < 1.29 is 4.40 Å². The second kappa shape index (κ2) is 5.43. The van der Waals surface area contributed by atoms with Crippen LogP contribution in [-0.4, -0.2) is 4.57 Å². The van der Waals surface area contributed by atoms with Crippen molar-refractivity contribution in [2.45, 2.75) is 0 Å². The van der Waals surface area contributed by atoms with E-state index in [1.54, 1.807) is 0 Å². The van der Waals surface area contributed by atoms with Gasteiger partial charge in [0.05, 0.1) is 6.20 Å². The lowest BCUT2D eigenvalue weighted by Gasteiger charge is -2.03. The first-order valence-corrected chi connectivity index (χ1v) is 7.95. The van der Waals surface area contributed by atoms with Gasteiger partial charge in [-0.05, 0) is 42.5 Å². The van der Waals surface area contributed by atoms with Crippen LogP contribution < -0.4 is 4.40 Å². The van der Waals surface area contributed by atoms with Crippen molar-refractivity contribution in [3.05, 3.63) is 89.7 Å². The van der Waals surface area contributed by atoms with Crippen molar-refractivity contribution in [1.82, 2.24) is 4.57 Å². The van der Waals surface area contributed by atoms with Crippen molar-refractivity contribution in [3.8, 4) is 16.9 Å². The number of aromatic nitrogens is 2. The summed E-state index contributed by atoms with van der Waals surface area (Å²) in [5.41, 5.74) is 4.67. The maximum Gasteiger partial charge on any atom is 0.291 e. The Bertz CT molecular complexity index is 925. The lowest BCUT2D eigenvalue weighted by molar-refractivity contribution is -0.510. The third-order valence-corrected chi connectivity index (χ3v) is 4.28. The highest BCUT2D eigenvalue weighted by molar-refractivity contribution is 9.10. The van der Waals surface area contributed by atoms with Crippen LogP contribution in [0.5, 0.6) is 0 Å². The van der Waals surface area contributed by atoms with E-state index < -0.39 is 0 Å². The molecule has 2 aromatic carbocycles. The third-order valence-electron chi connectivity index (χ3n) is 3.75. The highest BCUT2D eigenvalue weighted by Gasteiger charge is 2.20. The Morgan fingerprint density at radius 1 is 0.773 bits per heavy atom. The van der Waals surface area contributed by atoms with Gasteiger partial charge in [0.1, 0.15) is 11.9 Å². The minimum atomic E-state index is 1.09. The normalized spacial score (nSPS) is 11.0. The van der Waals surface area contributed by atoms with Gasteiger partial charge in [-0.15, -0.1) is 0 Å². The summed E-state index contributed by atoms with van der Waals surface area (Å²) in [5.74, 6) is 0. The molecule has 0 bridgehead atoms. The van der Waals surface area contributed by atoms with Crippen molar-refractivity contribution in [1.29, 1.82) is 0 Å². The molecule has 22 heavy (non-hydrogen) atoms. The van der Waals surface area contributed by atoms with Crippen molar-refractivity contribution in [2.75, 3.05) is 0 Å². The first kappa shape index (κ1) is 13.3. The SMILES string of the molecule is Brc1ccc(-c2c[n+]3ccccc3n2-c2ccccc2)cc1. The van der Waals surface area contributed by atoms with Crippen LogP contribution in [0.15, 0.2) is 89.7 Å². The standard InChI is InChI=1S/C19H14BrN2/c20-16-11-9-15(10-12-16)18-14-21-13-5-4-8-19(21)22(18)17-6-2-1-3-7-17/h1-14H/q+1. The van der Waals surface area contributed by atoms with Crippen LogP contribution in [0.4, 0.5) is 0 Å². The van der Waals surface area contributed by atoms with Crippen LogP contribution >= 0.6 is 15.9 Å². The smallest absolute Gasteiger partial charge is 0.202 e. The van der Waals surface area contributed by atoms with Crippen LogP contribution in [0.1, 0.15) is 0 Å². The van der Waals surface area contributed by atoms with Gasteiger partial charge in [-0.3, -0.25) is 0 Å². The van der Waals surface area contributed by atoms with E-state index in [-0.39, 0.29) is 0 Å². The molecule has 2 nitrogen and oxygen atoms in total. The van der Waals surface area contributed by atoms with Crippen LogP contribution in [0, 0.1) is 0 Å². The lowest BCUT2D eigenvalue weighted by atomic mass is 10.1. The molecule has 3 heteroatoms. The summed E-state index contributed by atoms with van der Waals surface area (Å²) >= 11 is 3.50. The fourth-order valence-corrected chi connectivity index (χ4v) is 3.00. The average molecular weight is 350 g/mol. The van der Waals surface area contributed by atoms with Gasteiger partial charge in [0, 0.05) is 16.1 Å². The van der Waals surface area contributed by atoms with Crippen LogP contribution in [0.3, 0.4) is 0 Å². The number of halogens is 1. The molecule has 0 fully saturated rings. The van der Waals surface area contributed by atoms with E-state index in [4.69, 9.17) is 0 Å². The zero-order valence-corrected chi connectivity index (χ0v) is 13.4. The molecule has 0 N–H and O–H groups in total. The molecule has 0 radical (unpaired) electrons. The van der Waals surface area contributed by atoms with Crippen LogP contribution in [-0.2, 0) is 0 Å². The van der Waals surface area contributed by atoms with E-state index in [9.17, 15) is 0 Å². The number of hydrogen-bond donors (Lipinski definition) is 0. The van der Waals surface area contributed by atoms with Gasteiger partial charge in [-0.1, -0.05) is 40.2 Å². The monoisotopic (exact) mass is 349 g/mol. The molecule has 106 valence electrons. The third kappa shape index (κ3) is 2.24. The number of hydrogen-bond acceptors (Lipinski definition) is 0. The minimum Gasteiger partial charge on any atom is -0.202 e. The summed E-state index contributed by atoms with van der Waals surface area (Å²) in [7, 11) is 0. The number of fused-ring (bicyclic) bond motifs is 1. The molecule has 0 unspecified atom stereocenters. The van der Waals surface area contributed by atoms with E-state index in [0.29, 0.717) is 0 Å². The van der Waals surface area contributed by atoms with Crippen molar-refractivity contribution in [3.63, 3.8) is 0 Å². The predicted octanol–water partition coefficient (Wildman–Crippen LogP) is 4.65. The zero-order valence-electron chi connectivity index (χ0n) is 11.9. The van der Waals surface area contributed by atoms with Gasteiger partial charge in [0.2, 0.25) is 0 Å². The van der Waals surface area contributed by atoms with Crippen LogP contribution in [0.2, 0.25) is 0 Å². The minimum absolute atomic E-state index is 1.09. The Morgan fingerprint density at radius 3 is 2.27 bits per heavy atom. The van der Waals surface area contributed by atoms with Gasteiger partial charge in [0.25, 0.3) is 5.65 Å². The van der Waals surface area contributed by atoms with Gasteiger partial charge in [-0.25, -0.2) is 4.40 Å². The average Bonchev–Trinajstić information content (AvgIpc) is 2.96. The van der Waals surface area contributed by atoms with Crippen molar-refractivity contribution in [2.24, 2.45) is 0 Å². The maximum absolute atomic E-state index is 3.50. The summed E-state index contributed by atoms with van der Waals surface area (Å²) < 4.78 is 5.53. The molecule has 0 aliphatic heterocycles. The molecule has 2 heterocycles. The summed E-state index contributed by atoms with van der Waals surface area (Å²) in [6, 6.07) is 25.1. The Balaban J connectivity index is 2.04. The first-order valence-electron chi connectivity index (χ1n) is 7.16. The lowest BCUT2D eigenvalue weighted by Crippen LogP contribution is -2.17. The topological polar surface area (TPSA) is 9.03 Å². The van der Waals surface area contributed by atoms with E-state index in [1.165, 1.54) is 11.3 Å². The molecular formula is C19H14BrN2+. The molecular weight excluding hydrogens is 336 g/mol. The van der Waals surface area contributed by atoms with E-state index in [1.807, 2.05) is 12.1 Å². The first-order chi connectivity index (χ1) is 10.8. The second-order valence-corrected chi connectivity index (χ2v) is 6.07. The molecule has 0 amide bonds. The molecule has 2 aromatic heterocycles. The Labute approximate surface area is 137 Å². The summed E-state index contributed by atoms with van der Waals surface area (Å²) in [6.07, 6.45) is 4.25. The quantitative estimate of drug-likeness (QED) is 0.466. The Morgan fingerprint density at radius 2 is 1.50 bits per heavy atom. The van der Waals surface area contributed by atoms with Crippen LogP contribution in [0.25, 0.3) is 22.6 Å². The number of imidazole rings is 1. The van der Waals surface area contributed by atoms with E-state index in [0.717, 1.165) is 15.8 Å². The highest BCUT2D eigenvalue weighted by Crippen LogP contribution is 2.26. The largest absolute Gasteiger partial charge is 0.291 e. The number of benzene rings is 2. The zero-order chi connectivity index (χ0) is 14.9. The molecule has 4 rings (SSSR count). The number of pyridine rings is 1.